The van der Waals surface area contributed by atoms with Crippen molar-refractivity contribution in [1.29, 1.82) is 0 Å². The molecule has 0 saturated heterocycles. The number of nitrogens with zero attached hydrogens (tertiary/aromatic N) is 2. The van der Waals surface area contributed by atoms with Crippen LogP contribution < -0.4 is 0 Å². The van der Waals surface area contributed by atoms with Crippen molar-refractivity contribution in [2.75, 3.05) is 0 Å². The van der Waals surface area contributed by atoms with Gasteiger partial charge in [-0.3, -0.25) is 4.98 Å². The maximum absolute atomic E-state index is 14.6. The fourth-order valence-electron chi connectivity index (χ4n) is 8.59. The Morgan fingerprint density at radius 2 is 0.776 bits per heavy atom. The zero-order chi connectivity index (χ0) is 38.8. The highest BCUT2D eigenvalue weighted by molar-refractivity contribution is 7.90. The lowest BCUT2D eigenvalue weighted by Gasteiger charge is -2.21. The molecule has 58 heavy (non-hydrogen) atoms. The van der Waals surface area contributed by atoms with Gasteiger partial charge in [-0.1, -0.05) is 127 Å². The van der Waals surface area contributed by atoms with Gasteiger partial charge in [0.2, 0.25) is 0 Å². The van der Waals surface area contributed by atoms with E-state index in [4.69, 9.17) is 0 Å². The molecule has 2 aromatic heterocycles. The van der Waals surface area contributed by atoms with Crippen LogP contribution in [0.4, 0.5) is 0 Å². The molecule has 0 bridgehead atoms. The molecule has 0 N–H and O–H groups in total. The van der Waals surface area contributed by atoms with Gasteiger partial charge in [-0.15, -0.1) is 0 Å². The third kappa shape index (κ3) is 5.59. The van der Waals surface area contributed by atoms with Crippen molar-refractivity contribution >= 4 is 31.8 Å². The second-order valence-corrected chi connectivity index (χ2v) is 16.6. The molecule has 0 amide bonds. The van der Waals surface area contributed by atoms with Gasteiger partial charge in [0.15, 0.2) is 0 Å². The highest BCUT2D eigenvalue weighted by Crippen LogP contribution is 2.48. The van der Waals surface area contributed by atoms with Crippen molar-refractivity contribution in [2.45, 2.75) is 4.90 Å². The summed E-state index contributed by atoms with van der Waals surface area (Å²) in [4.78, 5) is 4.50. The van der Waals surface area contributed by atoms with Gasteiger partial charge in [-0.05, 0) is 133 Å². The van der Waals surface area contributed by atoms with Gasteiger partial charge in [0.1, 0.15) is 4.90 Å². The quantitative estimate of drug-likeness (QED) is 0.169. The Bertz CT molecular complexity index is 3210. The number of hydrogen-bond acceptors (Lipinski definition) is 3. The topological polar surface area (TPSA) is 52.0 Å². The molecule has 0 spiro atoms. The lowest BCUT2D eigenvalue weighted by atomic mass is 9.90. The maximum atomic E-state index is 14.6. The van der Waals surface area contributed by atoms with E-state index in [0.29, 0.717) is 16.6 Å². The van der Waals surface area contributed by atoms with Crippen molar-refractivity contribution in [1.82, 2.24) is 8.96 Å². The second kappa shape index (κ2) is 13.4. The Labute approximate surface area is 337 Å². The van der Waals surface area contributed by atoms with Gasteiger partial charge in [0.05, 0.1) is 11.0 Å². The van der Waals surface area contributed by atoms with E-state index in [1.165, 1.54) is 10.2 Å². The summed E-state index contributed by atoms with van der Waals surface area (Å²) in [6.07, 6.45) is 3.16. The summed E-state index contributed by atoms with van der Waals surface area (Å²) in [6, 6.07) is 67.5. The van der Waals surface area contributed by atoms with Crippen molar-refractivity contribution < 1.29 is 8.42 Å². The van der Waals surface area contributed by atoms with Gasteiger partial charge in [0, 0.05) is 34.3 Å². The molecule has 8 aromatic carbocycles. The number of aromatic nitrogens is 2. The number of benzene rings is 8. The molecule has 0 unspecified atom stereocenters. The second-order valence-electron chi connectivity index (χ2n) is 14.9. The smallest absolute Gasteiger partial charge is 0.263 e. The minimum atomic E-state index is -3.96. The van der Waals surface area contributed by atoms with E-state index in [1.807, 2.05) is 42.5 Å². The van der Waals surface area contributed by atoms with Gasteiger partial charge < -0.3 is 0 Å². The highest BCUT2D eigenvalue weighted by atomic mass is 32.2. The first kappa shape index (κ1) is 34.0. The van der Waals surface area contributed by atoms with E-state index >= 15 is 0 Å². The normalized spacial score (nSPS) is 12.8. The minimum Gasteiger partial charge on any atom is -0.263 e. The van der Waals surface area contributed by atoms with Crippen LogP contribution in [-0.2, 0) is 10.0 Å². The van der Waals surface area contributed by atoms with Gasteiger partial charge in [-0.25, -0.2) is 12.4 Å². The van der Waals surface area contributed by atoms with Crippen LogP contribution in [-0.4, -0.2) is 17.4 Å². The standard InChI is InChI=1S/C53H34N2O2S/c56-58(57)52-34-54-24-23-47(52)49-32-46(45-29-42(37-17-9-3-10-18-37)26-43(30-45)38-19-11-4-12-20-38)33-50-48-31-39(21-22-51(48)55(58)53(49)50)44-27-40(35-13-5-1-6-14-35)25-41(28-44)36-15-7-2-8-16-36/h1-34H. The third-order valence-electron chi connectivity index (χ3n) is 11.4. The number of fused-ring (bicyclic) bond motifs is 5. The van der Waals surface area contributed by atoms with E-state index in [-0.39, 0.29) is 4.90 Å². The van der Waals surface area contributed by atoms with E-state index in [1.54, 1.807) is 6.20 Å². The first-order valence-electron chi connectivity index (χ1n) is 19.3. The summed E-state index contributed by atoms with van der Waals surface area (Å²) in [5, 5.41) is 1.75. The Morgan fingerprint density at radius 3 is 1.26 bits per heavy atom. The first-order valence-corrected chi connectivity index (χ1v) is 20.8. The van der Waals surface area contributed by atoms with Crippen LogP contribution in [0.1, 0.15) is 0 Å². The zero-order valence-corrected chi connectivity index (χ0v) is 32.1. The van der Waals surface area contributed by atoms with Crippen LogP contribution in [0.25, 0.3) is 99.7 Å². The van der Waals surface area contributed by atoms with E-state index < -0.39 is 10.0 Å². The molecule has 0 radical (unpaired) electrons. The number of hydrogen-bond donors (Lipinski definition) is 0. The van der Waals surface area contributed by atoms with Crippen LogP contribution in [0.2, 0.25) is 0 Å². The molecule has 1 aliphatic heterocycles. The van der Waals surface area contributed by atoms with Crippen molar-refractivity contribution in [3.05, 3.63) is 207 Å². The van der Waals surface area contributed by atoms with Crippen LogP contribution >= 0.6 is 0 Å². The average molecular weight is 763 g/mol. The summed E-state index contributed by atoms with van der Waals surface area (Å²) >= 11 is 0. The fourth-order valence-corrected chi connectivity index (χ4v) is 10.3. The number of pyridine rings is 1. The monoisotopic (exact) mass is 762 g/mol. The Hall–Kier alpha value is -7.34. The van der Waals surface area contributed by atoms with Crippen LogP contribution in [0.15, 0.2) is 211 Å². The third-order valence-corrected chi connectivity index (χ3v) is 13.1. The molecule has 0 saturated carbocycles. The highest BCUT2D eigenvalue weighted by Gasteiger charge is 2.33. The van der Waals surface area contributed by atoms with Crippen molar-refractivity contribution in [2.24, 2.45) is 0 Å². The lowest BCUT2D eigenvalue weighted by Crippen LogP contribution is -2.18. The molecule has 0 atom stereocenters. The molecule has 10 aromatic rings. The van der Waals surface area contributed by atoms with Gasteiger partial charge in [0.25, 0.3) is 10.0 Å². The van der Waals surface area contributed by atoms with E-state index in [9.17, 15) is 8.42 Å². The molecule has 274 valence electrons. The molecule has 0 aliphatic carbocycles. The molecule has 1 aliphatic rings. The van der Waals surface area contributed by atoms with Crippen molar-refractivity contribution in [3.8, 4) is 77.9 Å². The molecule has 11 rings (SSSR count). The molecule has 3 heterocycles. The fraction of sp³-hybridized carbons (Fsp3) is 0. The predicted molar refractivity (Wildman–Crippen MR) is 238 cm³/mol. The van der Waals surface area contributed by atoms with Crippen LogP contribution in [0, 0.1) is 0 Å². The SMILES string of the molecule is O=S1(=O)c2cnccc2-c2cc(-c3cc(-c4ccccc4)cc(-c4ccccc4)c3)cc3c4cc(-c5cc(-c6ccccc6)cc(-c6ccccc6)c5)ccc4n1c23. The van der Waals surface area contributed by atoms with E-state index in [0.717, 1.165) is 83.1 Å². The zero-order valence-electron chi connectivity index (χ0n) is 31.2. The summed E-state index contributed by atoms with van der Waals surface area (Å²) in [5.41, 5.74) is 15.9. The molecule has 5 heteroatoms. The van der Waals surface area contributed by atoms with Gasteiger partial charge >= 0.3 is 0 Å². The van der Waals surface area contributed by atoms with Crippen LogP contribution in [0.5, 0.6) is 0 Å². The molecule has 4 nitrogen and oxygen atoms in total. The Morgan fingerprint density at radius 1 is 0.362 bits per heavy atom. The molecular formula is C53H34N2O2S. The first-order chi connectivity index (χ1) is 28.5. The lowest BCUT2D eigenvalue weighted by molar-refractivity contribution is 0.589. The Balaban J connectivity index is 1.19. The minimum absolute atomic E-state index is 0.202. The maximum Gasteiger partial charge on any atom is 0.270 e. The summed E-state index contributed by atoms with van der Waals surface area (Å²) in [7, 11) is -3.96. The average Bonchev–Trinajstić information content (AvgIpc) is 3.64. The number of rotatable bonds is 6. The molecule has 0 fully saturated rings. The van der Waals surface area contributed by atoms with Crippen molar-refractivity contribution in [3.63, 3.8) is 0 Å². The predicted octanol–water partition coefficient (Wildman–Crippen LogP) is 13.4. The summed E-state index contributed by atoms with van der Waals surface area (Å²) < 4.78 is 30.7. The largest absolute Gasteiger partial charge is 0.270 e. The summed E-state index contributed by atoms with van der Waals surface area (Å²) in [5.74, 6) is 0. The van der Waals surface area contributed by atoms with E-state index in [2.05, 4.69) is 157 Å². The molecular weight excluding hydrogens is 729 g/mol. The summed E-state index contributed by atoms with van der Waals surface area (Å²) in [6.45, 7) is 0. The van der Waals surface area contributed by atoms with Crippen LogP contribution in [0.3, 0.4) is 0 Å². The Kier molecular flexibility index (Phi) is 7.85. The van der Waals surface area contributed by atoms with Gasteiger partial charge in [-0.2, -0.15) is 0 Å².